The van der Waals surface area contributed by atoms with Gasteiger partial charge in [0.1, 0.15) is 0 Å². The van der Waals surface area contributed by atoms with Gasteiger partial charge in [-0.25, -0.2) is 0 Å². The van der Waals surface area contributed by atoms with Crippen LogP contribution in [0.1, 0.15) is 38.8 Å². The fourth-order valence-corrected chi connectivity index (χ4v) is 2.21. The molecule has 0 aliphatic heterocycles. The lowest BCUT2D eigenvalue weighted by Crippen LogP contribution is -2.45. The third-order valence-corrected chi connectivity index (χ3v) is 3.31. The molecule has 0 atom stereocenters. The number of fused-ring (bicyclic) bond motifs is 1. The molecule has 0 radical (unpaired) electrons. The monoisotopic (exact) mass is 229 g/mol. The molecule has 2 heteroatoms. The average Bonchev–Trinajstić information content (AvgIpc) is 2.46. The van der Waals surface area contributed by atoms with Gasteiger partial charge in [-0.15, -0.1) is 0 Å². The van der Waals surface area contributed by atoms with Crippen LogP contribution in [0.5, 0.6) is 0 Å². The molecule has 1 heterocycles. The van der Waals surface area contributed by atoms with E-state index in [0.717, 1.165) is 22.6 Å². The average molecular weight is 229 g/mol. The first kappa shape index (κ1) is 11.9. The Balaban J connectivity index is 2.86. The van der Waals surface area contributed by atoms with Crippen molar-refractivity contribution < 1.29 is 0 Å². The molecule has 1 aliphatic rings. The number of nitrogens with zero attached hydrogens (tertiary/aromatic N) is 1. The smallest absolute Gasteiger partial charge is 0.258 e. The molecule has 1 aromatic rings. The number of allylic oxidation sites excluding steroid dienone is 2. The molecule has 2 rings (SSSR count). The summed E-state index contributed by atoms with van der Waals surface area (Å²) in [6.07, 6.45) is 7.06. The van der Waals surface area contributed by atoms with Crippen molar-refractivity contribution in [1.29, 1.82) is 0 Å². The summed E-state index contributed by atoms with van der Waals surface area (Å²) in [4.78, 5) is 12.3. The number of pyridine rings is 1. The molecule has 0 saturated heterocycles. The largest absolute Gasteiger partial charge is 0.315 e. The van der Waals surface area contributed by atoms with E-state index in [1.54, 1.807) is 4.57 Å². The highest BCUT2D eigenvalue weighted by Gasteiger charge is 2.07. The Kier molecular flexibility index (Phi) is 3.05. The van der Waals surface area contributed by atoms with E-state index in [9.17, 15) is 4.79 Å². The quantitative estimate of drug-likeness (QED) is 0.714. The Morgan fingerprint density at radius 2 is 2.00 bits per heavy atom. The summed E-state index contributed by atoms with van der Waals surface area (Å²) in [5.41, 5.74) is 2.49. The lowest BCUT2D eigenvalue weighted by Gasteiger charge is -2.11. The molecule has 0 amide bonds. The molecule has 0 unspecified atom stereocenters. The van der Waals surface area contributed by atoms with Crippen molar-refractivity contribution in [2.75, 3.05) is 0 Å². The van der Waals surface area contributed by atoms with Gasteiger partial charge in [0.25, 0.3) is 5.56 Å². The normalized spacial score (nSPS) is 14.5. The highest BCUT2D eigenvalue weighted by Crippen LogP contribution is 2.09. The molecule has 0 fully saturated rings. The maximum absolute atomic E-state index is 12.3. The predicted octanol–water partition coefficient (Wildman–Crippen LogP) is 1.42. The topological polar surface area (TPSA) is 22.0 Å². The van der Waals surface area contributed by atoms with Gasteiger partial charge in [-0.05, 0) is 36.6 Å². The van der Waals surface area contributed by atoms with Crippen LogP contribution < -0.4 is 16.0 Å². The molecule has 0 aromatic carbocycles. The molecule has 90 valence electrons. The van der Waals surface area contributed by atoms with Gasteiger partial charge in [0.05, 0.1) is 0 Å². The lowest BCUT2D eigenvalue weighted by atomic mass is 10.1. The molecule has 17 heavy (non-hydrogen) atoms. The Bertz CT molecular complexity index is 645. The lowest BCUT2D eigenvalue weighted by molar-refractivity contribution is 0.700. The van der Waals surface area contributed by atoms with Gasteiger partial charge in [-0.3, -0.25) is 4.79 Å². The molecule has 1 aromatic heterocycles. The molecule has 0 N–H and O–H groups in total. The van der Waals surface area contributed by atoms with Crippen LogP contribution in [0, 0.1) is 0 Å². The van der Waals surface area contributed by atoms with E-state index in [1.807, 2.05) is 19.2 Å². The Morgan fingerprint density at radius 1 is 1.29 bits per heavy atom. The summed E-state index contributed by atoms with van der Waals surface area (Å²) in [5.74, 6) is 0.365. The maximum Gasteiger partial charge on any atom is 0.258 e. The second-order valence-corrected chi connectivity index (χ2v) is 5.05. The van der Waals surface area contributed by atoms with E-state index in [-0.39, 0.29) is 5.56 Å². The maximum atomic E-state index is 12.3. The van der Waals surface area contributed by atoms with Gasteiger partial charge in [0, 0.05) is 18.0 Å². The zero-order valence-corrected chi connectivity index (χ0v) is 10.9. The second-order valence-electron chi connectivity index (χ2n) is 5.05. The highest BCUT2D eigenvalue weighted by molar-refractivity contribution is 5.46. The van der Waals surface area contributed by atoms with Gasteiger partial charge in [0.15, 0.2) is 0 Å². The fraction of sp³-hybridized carbons (Fsp3) is 0.400. The molecule has 0 spiro atoms. The molecule has 0 saturated carbocycles. The van der Waals surface area contributed by atoms with E-state index in [2.05, 4.69) is 32.9 Å². The van der Waals surface area contributed by atoms with Crippen LogP contribution in [0.4, 0.5) is 0 Å². The van der Waals surface area contributed by atoms with Crippen molar-refractivity contribution in [1.82, 2.24) is 4.57 Å². The standard InChI is InChI=1S/C15H19NO/c1-10(2)14-9-12-7-5-11(3)6-8-13(12)15(17)16(14)4/h6-10H,5H2,1-4H3. The summed E-state index contributed by atoms with van der Waals surface area (Å²) in [6.45, 7) is 6.32. The van der Waals surface area contributed by atoms with Crippen LogP contribution in [0.2, 0.25) is 0 Å². The van der Waals surface area contributed by atoms with Crippen LogP contribution in [0.25, 0.3) is 12.2 Å². The zero-order chi connectivity index (χ0) is 12.6. The van der Waals surface area contributed by atoms with Crippen LogP contribution in [-0.2, 0) is 7.05 Å². The highest BCUT2D eigenvalue weighted by atomic mass is 16.1. The number of hydrogen-bond donors (Lipinski definition) is 0. The zero-order valence-electron chi connectivity index (χ0n) is 10.9. The van der Waals surface area contributed by atoms with Crippen molar-refractivity contribution in [3.05, 3.63) is 44.2 Å². The second kappa shape index (κ2) is 4.36. The molecule has 2 nitrogen and oxygen atoms in total. The first-order valence-electron chi connectivity index (χ1n) is 6.08. The predicted molar refractivity (Wildman–Crippen MR) is 72.3 cm³/mol. The molecule has 0 bridgehead atoms. The van der Waals surface area contributed by atoms with Crippen molar-refractivity contribution in [2.24, 2.45) is 7.05 Å². The van der Waals surface area contributed by atoms with Gasteiger partial charge < -0.3 is 4.57 Å². The van der Waals surface area contributed by atoms with Gasteiger partial charge in [0.2, 0.25) is 0 Å². The van der Waals surface area contributed by atoms with E-state index in [1.165, 1.54) is 5.57 Å². The first-order chi connectivity index (χ1) is 8.00. The van der Waals surface area contributed by atoms with Crippen LogP contribution in [-0.4, -0.2) is 4.57 Å². The summed E-state index contributed by atoms with van der Waals surface area (Å²) < 4.78 is 1.77. The Labute approximate surface area is 102 Å². The Hall–Kier alpha value is -1.57. The number of aromatic nitrogens is 1. The summed E-state index contributed by atoms with van der Waals surface area (Å²) in [5, 5.41) is 1.89. The van der Waals surface area contributed by atoms with Crippen LogP contribution in [0.3, 0.4) is 0 Å². The summed E-state index contributed by atoms with van der Waals surface area (Å²) in [6, 6.07) is 2.14. The van der Waals surface area contributed by atoms with E-state index in [4.69, 9.17) is 0 Å². The van der Waals surface area contributed by atoms with Crippen molar-refractivity contribution in [2.45, 2.75) is 33.1 Å². The van der Waals surface area contributed by atoms with Crippen molar-refractivity contribution >= 4 is 12.2 Å². The minimum Gasteiger partial charge on any atom is -0.315 e. The first-order valence-corrected chi connectivity index (χ1v) is 6.08. The van der Waals surface area contributed by atoms with E-state index in [0.29, 0.717) is 5.92 Å². The number of hydrogen-bond acceptors (Lipinski definition) is 1. The van der Waals surface area contributed by atoms with E-state index >= 15 is 0 Å². The third kappa shape index (κ3) is 2.12. The van der Waals surface area contributed by atoms with Crippen molar-refractivity contribution in [3.63, 3.8) is 0 Å². The van der Waals surface area contributed by atoms with Gasteiger partial charge >= 0.3 is 0 Å². The minimum absolute atomic E-state index is 0.105. The van der Waals surface area contributed by atoms with E-state index < -0.39 is 0 Å². The van der Waals surface area contributed by atoms with Crippen molar-refractivity contribution in [3.8, 4) is 0 Å². The Morgan fingerprint density at radius 3 is 2.65 bits per heavy atom. The fourth-order valence-electron chi connectivity index (χ4n) is 2.21. The van der Waals surface area contributed by atoms with Gasteiger partial charge in [-0.1, -0.05) is 31.6 Å². The molecule has 1 aliphatic carbocycles. The molecular formula is C15H19NO. The SMILES string of the molecule is CC1=CC=c2c(cc(C(C)C)n(C)c2=O)=CC1. The third-order valence-electron chi connectivity index (χ3n) is 3.31. The van der Waals surface area contributed by atoms with Gasteiger partial charge in [-0.2, -0.15) is 0 Å². The summed E-state index contributed by atoms with van der Waals surface area (Å²) in [7, 11) is 1.85. The molecular weight excluding hydrogens is 210 g/mol. The van der Waals surface area contributed by atoms with Crippen LogP contribution in [0.15, 0.2) is 22.5 Å². The summed E-state index contributed by atoms with van der Waals surface area (Å²) >= 11 is 0. The van der Waals surface area contributed by atoms with Crippen LogP contribution >= 0.6 is 0 Å². The minimum atomic E-state index is 0.105. The number of rotatable bonds is 1.